The molecule has 2 aliphatic heterocycles. The number of sulfone groups is 1. The van der Waals surface area contributed by atoms with Crippen molar-refractivity contribution in [2.45, 2.75) is 193 Å². The number of esters is 1. The van der Waals surface area contributed by atoms with Crippen molar-refractivity contribution in [3.8, 4) is 0 Å². The molecule has 4 aliphatic rings. The Morgan fingerprint density at radius 2 is 1.58 bits per heavy atom. The van der Waals surface area contributed by atoms with Gasteiger partial charge in [0.25, 0.3) is 11.7 Å². The first-order chi connectivity index (χ1) is 34.4. The SMILES string of the molecule is COC1C(=O)C(C)CC\C=C/C=C\C=C(\C)[C@@H](OCC2CCC2)C[C@H]2CC[C@H](C)[C@](O)(O2)C(=O)C(=O)N(C)C(C)C(=O)OC([C@H](C)C[C@@H]2CC[C@@H](OCCCS(C)(=O)=O)[C@H](OC)C2)CC(=O)C(C)/C=C(/C)C1O. The van der Waals surface area contributed by atoms with Crippen LogP contribution in [-0.4, -0.2) is 154 Å². The highest BCUT2D eigenvalue weighted by atomic mass is 32.2. The molecular weight excluding hydrogens is 959 g/mol. The fraction of sp³-hybridized carbons (Fsp3) is 0.768. The Balaban J connectivity index is 1.63. The first kappa shape index (κ1) is 62.1. The normalized spacial score (nSPS) is 36.8. The molecule has 2 saturated carbocycles. The van der Waals surface area contributed by atoms with Crippen LogP contribution in [0.2, 0.25) is 0 Å². The fourth-order valence-corrected chi connectivity index (χ4v) is 10.9. The van der Waals surface area contributed by atoms with Crippen LogP contribution in [0.4, 0.5) is 0 Å². The second kappa shape index (κ2) is 29.2. The number of aliphatic hydroxyl groups is 2. The summed E-state index contributed by atoms with van der Waals surface area (Å²) in [5.74, 6) is -8.00. The summed E-state index contributed by atoms with van der Waals surface area (Å²) in [6.45, 7) is 12.9. The number of hydrogen-bond donors (Lipinski definition) is 2. The van der Waals surface area contributed by atoms with Gasteiger partial charge in [0.05, 0.1) is 36.8 Å². The number of hydrogen-bond acceptors (Lipinski definition) is 15. The van der Waals surface area contributed by atoms with Crippen molar-refractivity contribution in [1.82, 2.24) is 4.90 Å². The fourth-order valence-electron chi connectivity index (χ4n) is 10.3. The van der Waals surface area contributed by atoms with Gasteiger partial charge in [0.15, 0.2) is 5.78 Å². The Morgan fingerprint density at radius 1 is 0.863 bits per heavy atom. The van der Waals surface area contributed by atoms with E-state index in [0.29, 0.717) is 75.9 Å². The maximum atomic E-state index is 14.2. The van der Waals surface area contributed by atoms with Gasteiger partial charge in [-0.2, -0.15) is 0 Å². The van der Waals surface area contributed by atoms with E-state index >= 15 is 0 Å². The molecule has 73 heavy (non-hydrogen) atoms. The van der Waals surface area contributed by atoms with Crippen molar-refractivity contribution in [3.05, 3.63) is 47.6 Å². The summed E-state index contributed by atoms with van der Waals surface area (Å²) < 4.78 is 59.7. The predicted molar refractivity (Wildman–Crippen MR) is 278 cm³/mol. The lowest BCUT2D eigenvalue weighted by Crippen LogP contribution is -2.59. The highest BCUT2D eigenvalue weighted by Crippen LogP contribution is 2.38. The zero-order valence-electron chi connectivity index (χ0n) is 45.6. The van der Waals surface area contributed by atoms with Crippen molar-refractivity contribution in [2.75, 3.05) is 46.5 Å². The molecule has 0 aromatic rings. The lowest BCUT2D eigenvalue weighted by Gasteiger charge is -2.42. The molecular formula is C56H89NO15S. The molecule has 14 atom stereocenters. The molecule has 17 heteroatoms. The third-order valence-electron chi connectivity index (χ3n) is 15.9. The molecule has 1 amide bonds. The molecule has 2 bridgehead atoms. The third-order valence-corrected chi connectivity index (χ3v) is 16.9. The number of Topliss-reactive ketones (excluding diaryl/α,β-unsaturated/α-hetero) is 3. The number of amides is 1. The Kier molecular flexibility index (Phi) is 24.8. The molecule has 6 unspecified atom stereocenters. The Labute approximate surface area is 435 Å². The minimum atomic E-state index is -3.12. The topological polar surface area (TPSA) is 219 Å². The van der Waals surface area contributed by atoms with Crippen molar-refractivity contribution in [2.24, 2.45) is 35.5 Å². The molecule has 2 aliphatic carbocycles. The van der Waals surface area contributed by atoms with E-state index in [-0.39, 0.29) is 54.4 Å². The highest BCUT2D eigenvalue weighted by molar-refractivity contribution is 7.90. The van der Waals surface area contributed by atoms with E-state index in [2.05, 4.69) is 0 Å². The molecule has 0 spiro atoms. The number of methoxy groups -OCH3 is 2. The van der Waals surface area contributed by atoms with Crippen LogP contribution in [0, 0.1) is 35.5 Å². The van der Waals surface area contributed by atoms with Crippen molar-refractivity contribution in [3.63, 3.8) is 0 Å². The maximum Gasteiger partial charge on any atom is 0.328 e. The smallest absolute Gasteiger partial charge is 0.328 e. The molecule has 414 valence electrons. The van der Waals surface area contributed by atoms with E-state index in [4.69, 9.17) is 28.4 Å². The average Bonchev–Trinajstić information content (AvgIpc) is 3.33. The van der Waals surface area contributed by atoms with E-state index in [1.807, 2.05) is 44.2 Å². The van der Waals surface area contributed by atoms with Crippen LogP contribution in [0.5, 0.6) is 0 Å². The monoisotopic (exact) mass is 1050 g/mol. The summed E-state index contributed by atoms with van der Waals surface area (Å²) in [7, 11) is 1.14. The van der Waals surface area contributed by atoms with Crippen LogP contribution >= 0.6 is 0 Å². The average molecular weight is 1050 g/mol. The quantitative estimate of drug-likeness (QED) is 0.0819. The van der Waals surface area contributed by atoms with Gasteiger partial charge < -0.3 is 43.5 Å². The van der Waals surface area contributed by atoms with Gasteiger partial charge in [0.2, 0.25) is 5.79 Å². The number of fused-ring (bicyclic) bond motifs is 2. The number of nitrogens with zero attached hydrogens (tertiary/aromatic N) is 1. The van der Waals surface area contributed by atoms with Crippen molar-refractivity contribution >= 4 is 39.1 Å². The Morgan fingerprint density at radius 3 is 2.22 bits per heavy atom. The highest BCUT2D eigenvalue weighted by Gasteiger charge is 2.52. The maximum absolute atomic E-state index is 14.2. The number of likely N-dealkylation sites (N-methyl/N-ethyl adjacent to an activating group) is 1. The zero-order chi connectivity index (χ0) is 54.2. The van der Waals surface area contributed by atoms with E-state index in [9.17, 15) is 42.6 Å². The third kappa shape index (κ3) is 18.4. The summed E-state index contributed by atoms with van der Waals surface area (Å²) in [4.78, 5) is 71.2. The number of carbonyl (C=O) groups excluding carboxylic acids is 5. The molecule has 2 heterocycles. The lowest BCUT2D eigenvalue weighted by molar-refractivity contribution is -0.266. The van der Waals surface area contributed by atoms with Gasteiger partial charge in [-0.05, 0) is 120 Å². The molecule has 0 aromatic heterocycles. The molecule has 3 fully saturated rings. The number of carbonyl (C=O) groups is 5. The number of rotatable bonds is 13. The number of ether oxygens (including phenoxy) is 6. The van der Waals surface area contributed by atoms with Crippen LogP contribution in [-0.2, 0) is 62.2 Å². The Hall–Kier alpha value is -3.42. The van der Waals surface area contributed by atoms with Gasteiger partial charge in [-0.1, -0.05) is 70.6 Å². The van der Waals surface area contributed by atoms with Gasteiger partial charge in [0.1, 0.15) is 40.0 Å². The zero-order valence-corrected chi connectivity index (χ0v) is 46.4. The first-order valence-electron chi connectivity index (χ1n) is 26.7. The van der Waals surface area contributed by atoms with Crippen LogP contribution in [0.25, 0.3) is 0 Å². The van der Waals surface area contributed by atoms with E-state index in [0.717, 1.165) is 36.2 Å². The van der Waals surface area contributed by atoms with E-state index in [1.54, 1.807) is 40.9 Å². The number of cyclic esters (lactones) is 1. The molecule has 1 saturated heterocycles. The van der Waals surface area contributed by atoms with Crippen LogP contribution < -0.4 is 0 Å². The molecule has 16 nitrogen and oxygen atoms in total. The summed E-state index contributed by atoms with van der Waals surface area (Å²) in [6.07, 6.45) is 15.8. The first-order valence-corrected chi connectivity index (χ1v) is 28.8. The predicted octanol–water partition coefficient (Wildman–Crippen LogP) is 7.03. The summed E-state index contributed by atoms with van der Waals surface area (Å²) in [5.41, 5.74) is 1.29. The van der Waals surface area contributed by atoms with E-state index in [1.165, 1.54) is 27.3 Å². The molecule has 0 aromatic carbocycles. The second-order valence-electron chi connectivity index (χ2n) is 21.8. The minimum Gasteiger partial charge on any atom is -0.460 e. The summed E-state index contributed by atoms with van der Waals surface area (Å²) in [5, 5.41) is 23.4. The molecule has 4 rings (SSSR count). The van der Waals surface area contributed by atoms with Crippen LogP contribution in [0.1, 0.15) is 138 Å². The number of allylic oxidation sites excluding steroid dienone is 6. The van der Waals surface area contributed by atoms with Gasteiger partial charge >= 0.3 is 5.97 Å². The van der Waals surface area contributed by atoms with Gasteiger partial charge in [-0.3, -0.25) is 19.2 Å². The number of aliphatic hydroxyl groups excluding tert-OH is 1. The van der Waals surface area contributed by atoms with Crippen molar-refractivity contribution in [1.29, 1.82) is 0 Å². The standard InChI is InChI=1S/C56H89NO15S/c1-35-19-15-13-12-14-16-20-36(2)50(59)52(68-10)51(60)39(5)29-37(3)45(58)33-48(38(4)30-43-24-26-46(49(31-43)67-9)69-27-18-28-73(11,65)66)71-55(63)41(7)57(8)54(62)53(61)56(64)40(6)23-25-44(72-56)32-47(35)70-34-42-21-17-22-42/h12-15,19,29,36-38,40-44,46-49,51-52,60,64H,16-18,20-28,30-34H2,1-11H3/b14-12-,15-13-,35-19-,39-29-/t36?,37?,38-,40+,41?,43+,44-,46-,47+,48?,49-,51?,52?,56+/m1/s1. The van der Waals surface area contributed by atoms with Gasteiger partial charge in [-0.25, -0.2) is 13.2 Å². The Bertz CT molecular complexity index is 2080. The van der Waals surface area contributed by atoms with Crippen molar-refractivity contribution < 1.29 is 71.0 Å². The molecule has 2 N–H and O–H groups in total. The molecule has 0 radical (unpaired) electrons. The van der Waals surface area contributed by atoms with Gasteiger partial charge in [0, 0.05) is 64.7 Å². The summed E-state index contributed by atoms with van der Waals surface area (Å²) >= 11 is 0. The summed E-state index contributed by atoms with van der Waals surface area (Å²) in [6, 6.07) is -1.32. The van der Waals surface area contributed by atoms with Crippen LogP contribution in [0.3, 0.4) is 0 Å². The van der Waals surface area contributed by atoms with Gasteiger partial charge in [-0.15, -0.1) is 0 Å². The van der Waals surface area contributed by atoms with E-state index < -0.39 is 87.6 Å². The second-order valence-corrected chi connectivity index (χ2v) is 24.1. The minimum absolute atomic E-state index is 0.0257. The van der Waals surface area contributed by atoms with Crippen LogP contribution in [0.15, 0.2) is 47.6 Å². The largest absolute Gasteiger partial charge is 0.460 e. The number of ketones is 3. The lowest BCUT2D eigenvalue weighted by atomic mass is 9.78.